The van der Waals surface area contributed by atoms with E-state index in [9.17, 15) is 4.39 Å². The summed E-state index contributed by atoms with van der Waals surface area (Å²) in [6.07, 6.45) is 1.77. The third-order valence-corrected chi connectivity index (χ3v) is 2.67. The Morgan fingerprint density at radius 2 is 2.07 bits per heavy atom. The van der Waals surface area contributed by atoms with Crippen molar-refractivity contribution in [3.05, 3.63) is 47.9 Å². The molecule has 2 heterocycles. The zero-order valence-corrected chi connectivity index (χ0v) is 8.02. The lowest BCUT2D eigenvalue weighted by Gasteiger charge is -2.09. The molecule has 0 saturated heterocycles. The van der Waals surface area contributed by atoms with Gasteiger partial charge in [-0.2, -0.15) is 5.10 Å². The van der Waals surface area contributed by atoms with E-state index in [2.05, 4.69) is 10.4 Å². The van der Waals surface area contributed by atoms with Gasteiger partial charge in [0.1, 0.15) is 11.6 Å². The summed E-state index contributed by atoms with van der Waals surface area (Å²) >= 11 is 0. The van der Waals surface area contributed by atoms with Gasteiger partial charge in [0, 0.05) is 6.07 Å². The Bertz CT molecular complexity index is 454. The number of rotatable bonds is 1. The quantitative estimate of drug-likeness (QED) is 0.769. The van der Waals surface area contributed by atoms with Crippen LogP contribution in [0.5, 0.6) is 0 Å². The second kappa shape index (κ2) is 3.08. The molecule has 1 N–H and O–H groups in total. The predicted octanol–water partition coefficient (Wildman–Crippen LogP) is 2.19. The normalized spacial score (nSPS) is 18.6. The van der Waals surface area contributed by atoms with Crippen LogP contribution < -0.4 is 5.32 Å². The molecule has 0 saturated carbocycles. The number of fused-ring (bicyclic) bond motifs is 1. The molecule has 3 rings (SSSR count). The molecule has 0 bridgehead atoms. The minimum absolute atomic E-state index is 0.200. The van der Waals surface area contributed by atoms with Crippen molar-refractivity contribution >= 4 is 5.82 Å². The summed E-state index contributed by atoms with van der Waals surface area (Å²) in [6.45, 7) is 0.800. The van der Waals surface area contributed by atoms with Gasteiger partial charge in [0.25, 0.3) is 0 Å². The molecule has 1 unspecified atom stereocenters. The van der Waals surface area contributed by atoms with E-state index in [-0.39, 0.29) is 11.9 Å². The second-order valence-corrected chi connectivity index (χ2v) is 3.65. The van der Waals surface area contributed by atoms with E-state index >= 15 is 0 Å². The van der Waals surface area contributed by atoms with Crippen molar-refractivity contribution in [2.75, 3.05) is 5.32 Å². The monoisotopic (exact) mass is 203 g/mol. The summed E-state index contributed by atoms with van der Waals surface area (Å²) in [6, 6.07) is 8.72. The van der Waals surface area contributed by atoms with Crippen LogP contribution in [0.15, 0.2) is 36.5 Å². The number of nitrogens with one attached hydrogen (secondary N) is 1. The third-order valence-electron chi connectivity index (χ3n) is 2.67. The summed E-state index contributed by atoms with van der Waals surface area (Å²) in [5.74, 6) is 0.818. The summed E-state index contributed by atoms with van der Waals surface area (Å²) < 4.78 is 14.6. The summed E-state index contributed by atoms with van der Waals surface area (Å²) in [5.41, 5.74) is 1.09. The summed E-state index contributed by atoms with van der Waals surface area (Å²) in [7, 11) is 0. The second-order valence-electron chi connectivity index (χ2n) is 3.65. The number of nitrogens with zero attached hydrogens (tertiary/aromatic N) is 2. The van der Waals surface area contributed by atoms with Gasteiger partial charge in [-0.1, -0.05) is 12.1 Å². The standard InChI is InChI=1S/C11H10FN3/c12-9-3-1-8(2-4-9)10-7-15-11(14-10)5-6-13-15/h1-6,10,14H,7H2. The van der Waals surface area contributed by atoms with Crippen LogP contribution in [0.3, 0.4) is 0 Å². The number of aromatic nitrogens is 2. The Morgan fingerprint density at radius 3 is 2.80 bits per heavy atom. The largest absolute Gasteiger partial charge is 0.362 e. The van der Waals surface area contributed by atoms with Crippen LogP contribution in [-0.2, 0) is 6.54 Å². The number of anilines is 1. The molecule has 0 aliphatic carbocycles. The van der Waals surface area contributed by atoms with Gasteiger partial charge in [-0.25, -0.2) is 9.07 Å². The highest BCUT2D eigenvalue weighted by Crippen LogP contribution is 2.27. The first kappa shape index (κ1) is 8.47. The lowest BCUT2D eigenvalue weighted by Crippen LogP contribution is -2.07. The van der Waals surface area contributed by atoms with Gasteiger partial charge in [-0.3, -0.25) is 0 Å². The molecular weight excluding hydrogens is 193 g/mol. The van der Waals surface area contributed by atoms with E-state index in [1.165, 1.54) is 12.1 Å². The Hall–Kier alpha value is -1.84. The van der Waals surface area contributed by atoms with E-state index in [0.717, 1.165) is 17.9 Å². The van der Waals surface area contributed by atoms with Gasteiger partial charge in [-0.15, -0.1) is 0 Å². The Kier molecular flexibility index (Phi) is 1.74. The van der Waals surface area contributed by atoms with Crippen molar-refractivity contribution < 1.29 is 4.39 Å². The average Bonchev–Trinajstić information content (AvgIpc) is 2.78. The van der Waals surface area contributed by atoms with Gasteiger partial charge in [-0.05, 0) is 17.7 Å². The predicted molar refractivity (Wildman–Crippen MR) is 55.0 cm³/mol. The van der Waals surface area contributed by atoms with Crippen LogP contribution in [0, 0.1) is 5.82 Å². The average molecular weight is 203 g/mol. The molecule has 1 aromatic heterocycles. The van der Waals surface area contributed by atoms with E-state index in [1.54, 1.807) is 18.3 Å². The van der Waals surface area contributed by atoms with Crippen LogP contribution in [0.25, 0.3) is 0 Å². The van der Waals surface area contributed by atoms with Gasteiger partial charge >= 0.3 is 0 Å². The van der Waals surface area contributed by atoms with Crippen LogP contribution in [0.1, 0.15) is 11.6 Å². The SMILES string of the molecule is Fc1ccc(C2Cn3nccc3N2)cc1. The lowest BCUT2D eigenvalue weighted by atomic mass is 10.1. The number of halogens is 1. The maximum Gasteiger partial charge on any atom is 0.124 e. The maximum atomic E-state index is 12.7. The molecule has 3 nitrogen and oxygen atoms in total. The van der Waals surface area contributed by atoms with Crippen molar-refractivity contribution in [1.82, 2.24) is 9.78 Å². The van der Waals surface area contributed by atoms with Crippen LogP contribution in [-0.4, -0.2) is 9.78 Å². The van der Waals surface area contributed by atoms with Crippen molar-refractivity contribution in [3.8, 4) is 0 Å². The van der Waals surface area contributed by atoms with Gasteiger partial charge in [0.15, 0.2) is 0 Å². The fourth-order valence-electron chi connectivity index (χ4n) is 1.88. The first-order valence-corrected chi connectivity index (χ1v) is 4.87. The van der Waals surface area contributed by atoms with Crippen LogP contribution in [0.2, 0.25) is 0 Å². The zero-order valence-electron chi connectivity index (χ0n) is 8.02. The first-order chi connectivity index (χ1) is 7.33. The molecule has 2 aromatic rings. The molecular formula is C11H10FN3. The van der Waals surface area contributed by atoms with Gasteiger partial charge in [0.05, 0.1) is 18.8 Å². The third kappa shape index (κ3) is 1.38. The highest BCUT2D eigenvalue weighted by molar-refractivity contribution is 5.42. The van der Waals surface area contributed by atoms with Crippen LogP contribution >= 0.6 is 0 Å². The molecule has 1 aromatic carbocycles. The molecule has 4 heteroatoms. The van der Waals surface area contributed by atoms with Crippen molar-refractivity contribution in [2.45, 2.75) is 12.6 Å². The lowest BCUT2D eigenvalue weighted by molar-refractivity contribution is 0.608. The molecule has 76 valence electrons. The van der Waals surface area contributed by atoms with E-state index in [1.807, 2.05) is 10.7 Å². The van der Waals surface area contributed by atoms with E-state index < -0.39 is 0 Å². The Labute approximate surface area is 86.5 Å². The topological polar surface area (TPSA) is 29.9 Å². The van der Waals surface area contributed by atoms with E-state index in [4.69, 9.17) is 0 Å². The molecule has 1 aliphatic heterocycles. The summed E-state index contributed by atoms with van der Waals surface area (Å²) in [4.78, 5) is 0. The Balaban J connectivity index is 1.87. The smallest absolute Gasteiger partial charge is 0.124 e. The Morgan fingerprint density at radius 1 is 1.27 bits per heavy atom. The van der Waals surface area contributed by atoms with Gasteiger partial charge in [0.2, 0.25) is 0 Å². The minimum Gasteiger partial charge on any atom is -0.362 e. The van der Waals surface area contributed by atoms with Crippen molar-refractivity contribution in [1.29, 1.82) is 0 Å². The fraction of sp³-hybridized carbons (Fsp3) is 0.182. The highest BCUT2D eigenvalue weighted by atomic mass is 19.1. The number of hydrogen-bond donors (Lipinski definition) is 1. The summed E-state index contributed by atoms with van der Waals surface area (Å²) in [5, 5.41) is 7.50. The van der Waals surface area contributed by atoms with Crippen LogP contribution in [0.4, 0.5) is 10.2 Å². The fourth-order valence-corrected chi connectivity index (χ4v) is 1.88. The number of hydrogen-bond acceptors (Lipinski definition) is 2. The first-order valence-electron chi connectivity index (χ1n) is 4.87. The zero-order chi connectivity index (χ0) is 10.3. The molecule has 15 heavy (non-hydrogen) atoms. The molecule has 0 amide bonds. The maximum absolute atomic E-state index is 12.7. The van der Waals surface area contributed by atoms with Crippen molar-refractivity contribution in [3.63, 3.8) is 0 Å². The highest BCUT2D eigenvalue weighted by Gasteiger charge is 2.21. The van der Waals surface area contributed by atoms with Crippen molar-refractivity contribution in [2.24, 2.45) is 0 Å². The molecule has 0 radical (unpaired) electrons. The van der Waals surface area contributed by atoms with Gasteiger partial charge < -0.3 is 5.32 Å². The number of benzene rings is 1. The molecule has 1 atom stereocenters. The molecule has 0 spiro atoms. The molecule has 1 aliphatic rings. The van der Waals surface area contributed by atoms with E-state index in [0.29, 0.717) is 0 Å². The molecule has 0 fully saturated rings. The minimum atomic E-state index is -0.200.